The quantitative estimate of drug-likeness (QED) is 0.423. The molecule has 90 valence electrons. The third-order valence-electron chi connectivity index (χ3n) is 2.73. The molecule has 0 aliphatic heterocycles. The summed E-state index contributed by atoms with van der Waals surface area (Å²) in [6, 6.07) is 14.4. The lowest BCUT2D eigenvalue weighted by atomic mass is 10.3. The van der Waals surface area contributed by atoms with Crippen molar-refractivity contribution in [1.82, 2.24) is 9.55 Å². The van der Waals surface area contributed by atoms with Gasteiger partial charge in [0.15, 0.2) is 4.77 Å². The molecule has 2 nitrogen and oxygen atoms in total. The van der Waals surface area contributed by atoms with E-state index in [9.17, 15) is 0 Å². The molecule has 0 aliphatic carbocycles. The normalized spacial score (nSPS) is 11.0. The molecule has 0 unspecified atom stereocenters. The highest BCUT2D eigenvalue weighted by Crippen LogP contribution is 2.23. The largest absolute Gasteiger partial charge is 0.330 e. The number of aromatic amines is 1. The van der Waals surface area contributed by atoms with E-state index < -0.39 is 0 Å². The lowest BCUT2D eigenvalue weighted by molar-refractivity contribution is 1.06. The van der Waals surface area contributed by atoms with Gasteiger partial charge in [-0.1, -0.05) is 15.9 Å². The summed E-state index contributed by atoms with van der Waals surface area (Å²) < 4.78 is 5.02. The van der Waals surface area contributed by atoms with Gasteiger partial charge in [-0.25, -0.2) is 0 Å². The SMILES string of the molecule is S=c1[nH]c2cc(Br)ccc2n1-c1ccc(I)cc1. The monoisotopic (exact) mass is 430 g/mol. The third-order valence-corrected chi connectivity index (χ3v) is 4.23. The first-order valence-electron chi connectivity index (χ1n) is 5.31. The van der Waals surface area contributed by atoms with Crippen LogP contribution in [-0.4, -0.2) is 9.55 Å². The molecule has 5 heteroatoms. The van der Waals surface area contributed by atoms with Gasteiger partial charge in [-0.3, -0.25) is 4.57 Å². The Balaban J connectivity index is 2.32. The molecule has 0 atom stereocenters. The molecule has 1 N–H and O–H groups in total. The van der Waals surface area contributed by atoms with Crippen LogP contribution in [0.4, 0.5) is 0 Å². The van der Waals surface area contributed by atoms with Crippen molar-refractivity contribution in [2.24, 2.45) is 0 Å². The van der Waals surface area contributed by atoms with Crippen LogP contribution in [0.5, 0.6) is 0 Å². The number of aromatic nitrogens is 2. The third kappa shape index (κ3) is 2.15. The Morgan fingerprint density at radius 3 is 2.56 bits per heavy atom. The highest BCUT2D eigenvalue weighted by atomic mass is 127. The summed E-state index contributed by atoms with van der Waals surface area (Å²) in [5, 5.41) is 0. The number of nitrogens with zero attached hydrogens (tertiary/aromatic N) is 1. The summed E-state index contributed by atoms with van der Waals surface area (Å²) in [4.78, 5) is 3.23. The molecule has 1 heterocycles. The average molecular weight is 431 g/mol. The summed E-state index contributed by atoms with van der Waals surface area (Å²) in [5.41, 5.74) is 3.20. The lowest BCUT2D eigenvalue weighted by Gasteiger charge is -2.04. The molecular weight excluding hydrogens is 423 g/mol. The minimum absolute atomic E-state index is 0.712. The predicted molar refractivity (Wildman–Crippen MR) is 88.9 cm³/mol. The Kier molecular flexibility index (Phi) is 3.29. The van der Waals surface area contributed by atoms with E-state index in [-0.39, 0.29) is 0 Å². The van der Waals surface area contributed by atoms with Crippen LogP contribution in [0, 0.1) is 8.34 Å². The number of nitrogens with one attached hydrogen (secondary N) is 1. The number of halogens is 2. The van der Waals surface area contributed by atoms with Crippen LogP contribution in [0.15, 0.2) is 46.9 Å². The Bertz CT molecular complexity index is 774. The number of benzene rings is 2. The van der Waals surface area contributed by atoms with Crippen molar-refractivity contribution in [2.45, 2.75) is 0 Å². The molecule has 0 fully saturated rings. The number of rotatable bonds is 1. The Hall–Kier alpha value is -0.660. The van der Waals surface area contributed by atoms with Crippen molar-refractivity contribution in [3.8, 4) is 5.69 Å². The minimum atomic E-state index is 0.712. The first-order valence-corrected chi connectivity index (χ1v) is 7.59. The van der Waals surface area contributed by atoms with Crippen molar-refractivity contribution in [3.63, 3.8) is 0 Å². The molecule has 0 saturated carbocycles. The number of imidazole rings is 1. The number of H-pyrrole nitrogens is 1. The van der Waals surface area contributed by atoms with Crippen molar-refractivity contribution in [2.75, 3.05) is 0 Å². The molecule has 0 saturated heterocycles. The van der Waals surface area contributed by atoms with E-state index in [1.165, 1.54) is 3.57 Å². The smallest absolute Gasteiger partial charge is 0.182 e. The lowest BCUT2D eigenvalue weighted by Crippen LogP contribution is -1.93. The molecule has 3 rings (SSSR count). The molecule has 0 spiro atoms. The first kappa shape index (κ1) is 12.4. The van der Waals surface area contributed by atoms with Crippen molar-refractivity contribution >= 4 is 61.8 Å². The Morgan fingerprint density at radius 2 is 1.83 bits per heavy atom. The second-order valence-corrected chi connectivity index (χ2v) is 6.45. The van der Waals surface area contributed by atoms with E-state index in [2.05, 4.69) is 73.8 Å². The molecular formula is C13H8BrIN2S. The molecule has 0 bridgehead atoms. The summed E-state index contributed by atoms with van der Waals surface area (Å²) in [7, 11) is 0. The standard InChI is InChI=1S/C13H8BrIN2S/c14-8-1-6-12-11(7-8)16-13(18)17(12)10-4-2-9(15)3-5-10/h1-7H,(H,16,18). The van der Waals surface area contributed by atoms with E-state index in [1.54, 1.807) is 0 Å². The van der Waals surface area contributed by atoms with Gasteiger partial charge in [-0.05, 0) is 77.3 Å². The highest BCUT2D eigenvalue weighted by Gasteiger charge is 2.06. The zero-order valence-electron chi connectivity index (χ0n) is 9.15. The van der Waals surface area contributed by atoms with E-state index in [4.69, 9.17) is 12.2 Å². The molecule has 1 aromatic heterocycles. The van der Waals surface area contributed by atoms with Crippen LogP contribution in [0.2, 0.25) is 0 Å². The topological polar surface area (TPSA) is 20.7 Å². The van der Waals surface area contributed by atoms with Gasteiger partial charge in [0.05, 0.1) is 11.0 Å². The second kappa shape index (κ2) is 4.79. The fourth-order valence-electron chi connectivity index (χ4n) is 1.93. The average Bonchev–Trinajstić information content (AvgIpc) is 2.65. The maximum atomic E-state index is 5.40. The van der Waals surface area contributed by atoms with Crippen molar-refractivity contribution < 1.29 is 0 Å². The van der Waals surface area contributed by atoms with Crippen molar-refractivity contribution in [3.05, 3.63) is 55.3 Å². The maximum absolute atomic E-state index is 5.40. The minimum Gasteiger partial charge on any atom is -0.330 e. The highest BCUT2D eigenvalue weighted by molar-refractivity contribution is 14.1. The molecule has 0 aliphatic rings. The fraction of sp³-hybridized carbons (Fsp3) is 0. The van der Waals surface area contributed by atoms with Crippen molar-refractivity contribution in [1.29, 1.82) is 0 Å². The van der Waals surface area contributed by atoms with Crippen LogP contribution < -0.4 is 0 Å². The van der Waals surface area contributed by atoms with Gasteiger partial charge in [-0.2, -0.15) is 0 Å². The van der Waals surface area contributed by atoms with Gasteiger partial charge < -0.3 is 4.98 Å². The molecule has 0 radical (unpaired) electrons. The van der Waals surface area contributed by atoms with E-state index in [0.29, 0.717) is 4.77 Å². The van der Waals surface area contributed by atoms with Crippen LogP contribution >= 0.6 is 50.7 Å². The van der Waals surface area contributed by atoms with E-state index in [1.807, 2.05) is 16.7 Å². The van der Waals surface area contributed by atoms with E-state index in [0.717, 1.165) is 21.2 Å². The fourth-order valence-corrected chi connectivity index (χ4v) is 2.96. The van der Waals surface area contributed by atoms with Crippen LogP contribution in [-0.2, 0) is 0 Å². The van der Waals surface area contributed by atoms with Gasteiger partial charge in [0.2, 0.25) is 0 Å². The molecule has 3 aromatic rings. The Labute approximate surface area is 131 Å². The predicted octanol–water partition coefficient (Wildman–Crippen LogP) is 5.06. The number of fused-ring (bicyclic) bond motifs is 1. The van der Waals surface area contributed by atoms with Gasteiger partial charge in [0.1, 0.15) is 0 Å². The van der Waals surface area contributed by atoms with Gasteiger partial charge >= 0.3 is 0 Å². The summed E-state index contributed by atoms with van der Waals surface area (Å²) in [6.07, 6.45) is 0. The Morgan fingerprint density at radius 1 is 1.11 bits per heavy atom. The molecule has 18 heavy (non-hydrogen) atoms. The molecule has 0 amide bonds. The van der Waals surface area contributed by atoms with Crippen LogP contribution in [0.3, 0.4) is 0 Å². The number of hydrogen-bond acceptors (Lipinski definition) is 1. The number of hydrogen-bond donors (Lipinski definition) is 1. The first-order chi connectivity index (χ1) is 8.65. The van der Waals surface area contributed by atoms with E-state index >= 15 is 0 Å². The summed E-state index contributed by atoms with van der Waals surface area (Å²) >= 11 is 11.2. The second-order valence-electron chi connectivity index (χ2n) is 3.90. The zero-order chi connectivity index (χ0) is 12.7. The maximum Gasteiger partial charge on any atom is 0.182 e. The van der Waals surface area contributed by atoms with Gasteiger partial charge in [-0.15, -0.1) is 0 Å². The summed E-state index contributed by atoms with van der Waals surface area (Å²) in [6.45, 7) is 0. The van der Waals surface area contributed by atoms with Gasteiger partial charge in [0.25, 0.3) is 0 Å². The summed E-state index contributed by atoms with van der Waals surface area (Å²) in [5.74, 6) is 0. The van der Waals surface area contributed by atoms with Crippen LogP contribution in [0.1, 0.15) is 0 Å². The van der Waals surface area contributed by atoms with Crippen LogP contribution in [0.25, 0.3) is 16.7 Å². The van der Waals surface area contributed by atoms with Gasteiger partial charge in [0, 0.05) is 13.7 Å². The molecule has 2 aromatic carbocycles. The zero-order valence-corrected chi connectivity index (χ0v) is 13.7.